The topological polar surface area (TPSA) is 72.2 Å². The minimum Gasteiger partial charge on any atom is -0.481 e. The number of aliphatic carboxylic acids is 1. The maximum Gasteiger partial charge on any atom is 0.309 e. The van der Waals surface area contributed by atoms with Crippen LogP contribution < -0.4 is 5.56 Å². The molecule has 0 amide bonds. The fourth-order valence-corrected chi connectivity index (χ4v) is 3.01. The van der Waals surface area contributed by atoms with Crippen molar-refractivity contribution in [3.05, 3.63) is 80.2 Å². The molecule has 1 heterocycles. The molecule has 0 fully saturated rings. The van der Waals surface area contributed by atoms with Crippen LogP contribution >= 0.6 is 15.9 Å². The minimum absolute atomic E-state index is 0.0678. The lowest BCUT2D eigenvalue weighted by atomic mass is 10.1. The van der Waals surface area contributed by atoms with Gasteiger partial charge in [0.2, 0.25) is 0 Å². The number of carboxylic acid groups (broad SMARTS) is 1. The summed E-state index contributed by atoms with van der Waals surface area (Å²) in [4.78, 5) is 23.6. The van der Waals surface area contributed by atoms with Gasteiger partial charge in [-0.25, -0.2) is 13.5 Å². The molecule has 27 heavy (non-hydrogen) atoms. The predicted octanol–water partition coefficient (Wildman–Crippen LogP) is 3.78. The molecule has 8 heteroatoms. The van der Waals surface area contributed by atoms with Crippen molar-refractivity contribution < 1.29 is 18.7 Å². The van der Waals surface area contributed by atoms with Crippen LogP contribution in [0.25, 0.3) is 16.8 Å². The van der Waals surface area contributed by atoms with Gasteiger partial charge in [0.15, 0.2) is 0 Å². The van der Waals surface area contributed by atoms with Crippen molar-refractivity contribution in [1.82, 2.24) is 9.78 Å². The van der Waals surface area contributed by atoms with E-state index in [1.165, 1.54) is 18.2 Å². The van der Waals surface area contributed by atoms with Crippen LogP contribution in [-0.2, 0) is 17.8 Å². The summed E-state index contributed by atoms with van der Waals surface area (Å²) in [7, 11) is 0. The number of hydrogen-bond acceptors (Lipinski definition) is 3. The first-order chi connectivity index (χ1) is 12.9. The lowest BCUT2D eigenvalue weighted by molar-refractivity contribution is -0.136. The van der Waals surface area contributed by atoms with Crippen LogP contribution in [0.2, 0.25) is 0 Å². The number of aromatic nitrogens is 2. The molecule has 1 N–H and O–H groups in total. The smallest absolute Gasteiger partial charge is 0.309 e. The molecule has 0 aliphatic rings. The molecule has 0 atom stereocenters. The van der Waals surface area contributed by atoms with Gasteiger partial charge in [0.25, 0.3) is 5.56 Å². The fraction of sp³-hybridized carbons (Fsp3) is 0.105. The maximum absolute atomic E-state index is 14.0. The minimum atomic E-state index is -1.08. The van der Waals surface area contributed by atoms with Crippen LogP contribution in [0.4, 0.5) is 8.78 Å². The fourth-order valence-electron chi connectivity index (χ4n) is 2.67. The third kappa shape index (κ3) is 3.95. The summed E-state index contributed by atoms with van der Waals surface area (Å²) in [5.41, 5.74) is -0.422. The van der Waals surface area contributed by atoms with E-state index in [1.54, 1.807) is 24.3 Å². The Hall–Kier alpha value is -2.87. The van der Waals surface area contributed by atoms with Crippen molar-refractivity contribution in [2.45, 2.75) is 13.0 Å². The van der Waals surface area contributed by atoms with E-state index in [9.17, 15) is 18.4 Å². The van der Waals surface area contributed by atoms with Crippen LogP contribution in [0, 0.1) is 11.6 Å². The second-order valence-corrected chi connectivity index (χ2v) is 6.56. The molecule has 3 rings (SSSR count). The molecule has 1 aromatic heterocycles. The highest BCUT2D eigenvalue weighted by atomic mass is 79.9. The Bertz CT molecular complexity index is 1130. The van der Waals surface area contributed by atoms with Gasteiger partial charge < -0.3 is 5.11 Å². The van der Waals surface area contributed by atoms with E-state index < -0.39 is 23.2 Å². The van der Waals surface area contributed by atoms with Crippen molar-refractivity contribution in [2.24, 2.45) is 0 Å². The number of carbonyl (C=O) groups is 1. The van der Waals surface area contributed by atoms with Crippen LogP contribution in [0.3, 0.4) is 0 Å². The maximum atomic E-state index is 14.0. The highest BCUT2D eigenvalue weighted by Gasteiger charge is 2.13. The standard InChI is InChI=1S/C19H13BrF2N2O3/c20-14-7-8-15(21)13(18(14)22)6-3-9-24-19(27)12-5-2-1-4-11(12)16(23-24)10-17(25)26/h1-8H,9-10H2,(H,25,26). The van der Waals surface area contributed by atoms with E-state index >= 15 is 0 Å². The van der Waals surface area contributed by atoms with Gasteiger partial charge in [0.05, 0.1) is 28.5 Å². The predicted molar refractivity (Wildman–Crippen MR) is 100 cm³/mol. The number of carboxylic acids is 1. The third-order valence-corrected chi connectivity index (χ3v) is 4.52. The first-order valence-electron chi connectivity index (χ1n) is 7.89. The van der Waals surface area contributed by atoms with Gasteiger partial charge in [-0.15, -0.1) is 0 Å². The van der Waals surface area contributed by atoms with Gasteiger partial charge in [0.1, 0.15) is 11.6 Å². The number of halogens is 3. The van der Waals surface area contributed by atoms with Gasteiger partial charge in [-0.3, -0.25) is 9.59 Å². The normalized spacial score (nSPS) is 11.4. The molecule has 0 saturated carbocycles. The monoisotopic (exact) mass is 434 g/mol. The zero-order valence-electron chi connectivity index (χ0n) is 13.8. The molecule has 138 valence electrons. The quantitative estimate of drug-likeness (QED) is 0.620. The highest BCUT2D eigenvalue weighted by Crippen LogP contribution is 2.22. The Morgan fingerprint density at radius 3 is 2.59 bits per heavy atom. The molecule has 0 aliphatic carbocycles. The van der Waals surface area contributed by atoms with E-state index in [0.29, 0.717) is 10.8 Å². The summed E-state index contributed by atoms with van der Waals surface area (Å²) < 4.78 is 29.0. The average molecular weight is 435 g/mol. The van der Waals surface area contributed by atoms with Crippen molar-refractivity contribution in [1.29, 1.82) is 0 Å². The van der Waals surface area contributed by atoms with Crippen LogP contribution in [-0.4, -0.2) is 20.9 Å². The summed E-state index contributed by atoms with van der Waals surface area (Å²) in [6, 6.07) is 8.96. The van der Waals surface area contributed by atoms with E-state index in [2.05, 4.69) is 21.0 Å². The SMILES string of the molecule is O=C(O)Cc1nn(CC=Cc2c(F)ccc(Br)c2F)c(=O)c2ccccc12. The van der Waals surface area contributed by atoms with Gasteiger partial charge in [-0.2, -0.15) is 5.10 Å². The second kappa shape index (κ2) is 7.79. The van der Waals surface area contributed by atoms with E-state index in [1.807, 2.05) is 0 Å². The zero-order valence-corrected chi connectivity index (χ0v) is 15.4. The van der Waals surface area contributed by atoms with Crippen LogP contribution in [0.1, 0.15) is 11.3 Å². The molecule has 0 radical (unpaired) electrons. The van der Waals surface area contributed by atoms with Gasteiger partial charge >= 0.3 is 5.97 Å². The van der Waals surface area contributed by atoms with E-state index in [0.717, 1.165) is 10.7 Å². The molecule has 5 nitrogen and oxygen atoms in total. The third-order valence-electron chi connectivity index (χ3n) is 3.91. The Kier molecular flexibility index (Phi) is 5.46. The van der Waals surface area contributed by atoms with Crippen molar-refractivity contribution in [2.75, 3.05) is 0 Å². The van der Waals surface area contributed by atoms with E-state index in [4.69, 9.17) is 5.11 Å². The first kappa shape index (κ1) is 18.9. The molecule has 3 aromatic rings. The summed E-state index contributed by atoms with van der Waals surface area (Å²) in [6.07, 6.45) is 2.26. The number of nitrogens with zero attached hydrogens (tertiary/aromatic N) is 2. The Morgan fingerprint density at radius 2 is 1.89 bits per heavy atom. The average Bonchev–Trinajstić information content (AvgIpc) is 2.64. The second-order valence-electron chi connectivity index (χ2n) is 5.71. The molecule has 0 aliphatic heterocycles. The molecular formula is C19H13BrF2N2O3. The van der Waals surface area contributed by atoms with Crippen LogP contribution in [0.5, 0.6) is 0 Å². The highest BCUT2D eigenvalue weighted by molar-refractivity contribution is 9.10. The summed E-state index contributed by atoms with van der Waals surface area (Å²) >= 11 is 2.99. The van der Waals surface area contributed by atoms with Gasteiger partial charge in [-0.1, -0.05) is 30.4 Å². The van der Waals surface area contributed by atoms with Gasteiger partial charge in [0, 0.05) is 10.9 Å². The molecule has 2 aromatic carbocycles. The number of benzene rings is 2. The number of rotatable bonds is 5. The lowest BCUT2D eigenvalue weighted by Crippen LogP contribution is -2.25. The van der Waals surface area contributed by atoms with Crippen molar-refractivity contribution >= 4 is 38.7 Å². The Balaban J connectivity index is 2.00. The molecule has 0 saturated heterocycles. The van der Waals surface area contributed by atoms with Gasteiger partial charge in [-0.05, 0) is 34.1 Å². The van der Waals surface area contributed by atoms with Crippen molar-refractivity contribution in [3.63, 3.8) is 0 Å². The largest absolute Gasteiger partial charge is 0.481 e. The number of fused-ring (bicyclic) bond motifs is 1. The lowest BCUT2D eigenvalue weighted by Gasteiger charge is -2.08. The van der Waals surface area contributed by atoms with E-state index in [-0.39, 0.29) is 28.7 Å². The first-order valence-corrected chi connectivity index (χ1v) is 8.68. The van der Waals surface area contributed by atoms with Crippen molar-refractivity contribution in [3.8, 4) is 0 Å². The zero-order chi connectivity index (χ0) is 19.6. The molecular weight excluding hydrogens is 422 g/mol. The summed E-state index contributed by atoms with van der Waals surface area (Å²) in [6.45, 7) is -0.0678. The Labute approximate surface area is 160 Å². The summed E-state index contributed by atoms with van der Waals surface area (Å²) in [5.74, 6) is -2.57. The number of hydrogen-bond donors (Lipinski definition) is 1. The molecule has 0 spiro atoms. The molecule has 0 bridgehead atoms. The Morgan fingerprint density at radius 1 is 1.19 bits per heavy atom. The van der Waals surface area contributed by atoms with Crippen LogP contribution in [0.15, 0.2) is 51.7 Å². The summed E-state index contributed by atoms with van der Waals surface area (Å²) in [5, 5.41) is 14.0. The number of allylic oxidation sites excluding steroid dienone is 1. The molecule has 0 unspecified atom stereocenters.